The molecule has 1 aliphatic rings. The van der Waals surface area contributed by atoms with Crippen LogP contribution in [0.4, 0.5) is 0 Å². The highest BCUT2D eigenvalue weighted by molar-refractivity contribution is 6.33. The van der Waals surface area contributed by atoms with Crippen molar-refractivity contribution >= 4 is 17.5 Å². The summed E-state index contributed by atoms with van der Waals surface area (Å²) in [6, 6.07) is 13.5. The van der Waals surface area contributed by atoms with E-state index in [1.807, 2.05) is 56.4 Å². The van der Waals surface area contributed by atoms with E-state index >= 15 is 0 Å². The zero-order valence-corrected chi connectivity index (χ0v) is 23.5. The number of benzene rings is 2. The van der Waals surface area contributed by atoms with Crippen LogP contribution >= 0.6 is 11.6 Å². The quantitative estimate of drug-likeness (QED) is 0.384. The first-order valence-electron chi connectivity index (χ1n) is 12.7. The zero-order valence-electron chi connectivity index (χ0n) is 22.8. The smallest absolute Gasteiger partial charge is 0.220 e. The number of para-hydroxylation sites is 1. The van der Waals surface area contributed by atoms with Gasteiger partial charge in [0.15, 0.2) is 18.1 Å². The lowest BCUT2D eigenvalue weighted by atomic mass is 9.96. The van der Waals surface area contributed by atoms with Crippen LogP contribution in [0.5, 0.6) is 17.2 Å². The number of nitriles is 1. The normalized spacial score (nSPS) is 15.5. The molecule has 2 aromatic carbocycles. The minimum atomic E-state index is -0.0223. The Morgan fingerprint density at radius 1 is 1.16 bits per heavy atom. The van der Waals surface area contributed by atoms with Crippen LogP contribution in [-0.4, -0.2) is 56.3 Å². The fourth-order valence-corrected chi connectivity index (χ4v) is 4.91. The van der Waals surface area contributed by atoms with Gasteiger partial charge in [0, 0.05) is 37.5 Å². The summed E-state index contributed by atoms with van der Waals surface area (Å²) in [5.74, 6) is 2.11. The Balaban J connectivity index is 1.53. The van der Waals surface area contributed by atoms with Gasteiger partial charge in [0.1, 0.15) is 18.0 Å². The number of halogens is 1. The van der Waals surface area contributed by atoms with E-state index in [2.05, 4.69) is 28.2 Å². The predicted molar refractivity (Wildman–Crippen MR) is 148 cm³/mol. The molecule has 0 saturated carbocycles. The van der Waals surface area contributed by atoms with Gasteiger partial charge in [-0.15, -0.1) is 0 Å². The summed E-state index contributed by atoms with van der Waals surface area (Å²) in [4.78, 5) is 17.1. The summed E-state index contributed by atoms with van der Waals surface area (Å²) in [5, 5.41) is 12.5. The number of allylic oxidation sites excluding steroid dienone is 1. The van der Waals surface area contributed by atoms with Crippen molar-refractivity contribution in [3.8, 4) is 23.3 Å². The average molecular weight is 541 g/mol. The molecule has 8 nitrogen and oxygen atoms in total. The monoisotopic (exact) mass is 540 g/mol. The van der Waals surface area contributed by atoms with Crippen LogP contribution in [0.2, 0.25) is 5.02 Å². The van der Waals surface area contributed by atoms with Crippen molar-refractivity contribution < 1.29 is 19.0 Å². The van der Waals surface area contributed by atoms with Gasteiger partial charge in [-0.1, -0.05) is 42.8 Å². The van der Waals surface area contributed by atoms with Crippen LogP contribution in [0.1, 0.15) is 37.8 Å². The van der Waals surface area contributed by atoms with E-state index in [1.165, 1.54) is 0 Å². The third kappa shape index (κ3) is 7.26. The van der Waals surface area contributed by atoms with Gasteiger partial charge in [-0.05, 0) is 43.4 Å². The highest BCUT2D eigenvalue weighted by Gasteiger charge is 2.28. The van der Waals surface area contributed by atoms with Crippen molar-refractivity contribution in [2.24, 2.45) is 5.92 Å². The fourth-order valence-electron chi connectivity index (χ4n) is 4.60. The molecule has 1 heterocycles. The van der Waals surface area contributed by atoms with Gasteiger partial charge in [-0.2, -0.15) is 5.26 Å². The van der Waals surface area contributed by atoms with Crippen LogP contribution in [0.25, 0.3) is 0 Å². The maximum Gasteiger partial charge on any atom is 0.220 e. The molecule has 2 aromatic rings. The Hall–Kier alpha value is -3.57. The molecule has 204 valence electrons. The minimum Gasteiger partial charge on any atom is -0.493 e. The molecule has 1 aliphatic heterocycles. The number of carbonyl (C=O) groups is 1. The summed E-state index contributed by atoms with van der Waals surface area (Å²) in [5.41, 5.74) is 3.07. The van der Waals surface area contributed by atoms with Crippen molar-refractivity contribution in [1.82, 2.24) is 15.1 Å². The van der Waals surface area contributed by atoms with Crippen LogP contribution in [0.15, 0.2) is 48.3 Å². The number of amides is 1. The molecule has 38 heavy (non-hydrogen) atoms. The summed E-state index contributed by atoms with van der Waals surface area (Å²) < 4.78 is 16.3. The average Bonchev–Trinajstić information content (AvgIpc) is 3.18. The molecule has 9 heteroatoms. The Bertz CT molecular complexity index is 1180. The lowest BCUT2D eigenvalue weighted by Crippen LogP contribution is -2.46. The summed E-state index contributed by atoms with van der Waals surface area (Å²) in [7, 11) is 5.18. The molecule has 0 aliphatic carbocycles. The molecule has 2 unspecified atom stereocenters. The SMILES string of the molecule is COc1ccc(CC(C)CCC(=O)NCC2N(Cc3ccccc3OCC#N)C=C(C)N2C)c(Cl)c1OC. The highest BCUT2D eigenvalue weighted by Crippen LogP contribution is 2.38. The molecule has 0 spiro atoms. The number of hydrogen-bond acceptors (Lipinski definition) is 7. The third-order valence-electron chi connectivity index (χ3n) is 6.84. The fraction of sp³-hybridized carbons (Fsp3) is 0.448. The first-order valence-corrected chi connectivity index (χ1v) is 13.1. The zero-order chi connectivity index (χ0) is 27.7. The second-order valence-corrected chi connectivity index (χ2v) is 9.89. The number of nitrogens with one attached hydrogen (secondary N) is 1. The number of rotatable bonds is 13. The van der Waals surface area contributed by atoms with E-state index in [4.69, 9.17) is 31.1 Å². The summed E-state index contributed by atoms with van der Waals surface area (Å²) in [6.07, 6.45) is 3.97. The van der Waals surface area contributed by atoms with E-state index < -0.39 is 0 Å². The second kappa shape index (κ2) is 13.8. The molecule has 1 N–H and O–H groups in total. The maximum absolute atomic E-state index is 12.8. The maximum atomic E-state index is 12.8. The molecule has 0 fully saturated rings. The van der Waals surface area contributed by atoms with Gasteiger partial charge < -0.3 is 29.3 Å². The van der Waals surface area contributed by atoms with Gasteiger partial charge in [0.25, 0.3) is 0 Å². The predicted octanol–water partition coefficient (Wildman–Crippen LogP) is 4.97. The van der Waals surface area contributed by atoms with E-state index in [0.29, 0.717) is 41.8 Å². The Morgan fingerprint density at radius 3 is 2.63 bits per heavy atom. The van der Waals surface area contributed by atoms with E-state index in [1.54, 1.807) is 14.2 Å². The highest BCUT2D eigenvalue weighted by atomic mass is 35.5. The van der Waals surface area contributed by atoms with Gasteiger partial charge in [-0.3, -0.25) is 4.79 Å². The van der Waals surface area contributed by atoms with Crippen molar-refractivity contribution in [1.29, 1.82) is 5.26 Å². The van der Waals surface area contributed by atoms with E-state index in [9.17, 15) is 4.79 Å². The topological polar surface area (TPSA) is 87.1 Å². The Kier molecular flexibility index (Phi) is 10.5. The molecule has 0 saturated heterocycles. The lowest BCUT2D eigenvalue weighted by molar-refractivity contribution is -0.121. The minimum absolute atomic E-state index is 0.00189. The van der Waals surface area contributed by atoms with E-state index in [0.717, 1.165) is 29.7 Å². The Labute approximate surface area is 230 Å². The largest absolute Gasteiger partial charge is 0.493 e. The lowest BCUT2D eigenvalue weighted by Gasteiger charge is -2.32. The standard InChI is InChI=1S/C29H37ClN4O4/c1-20(16-22-11-12-25(36-4)29(37-5)28(22)30)10-13-26(35)32-17-27-33(3)21(2)18-34(27)19-23-8-6-7-9-24(23)38-15-14-31/h6-9,11-12,18,20,27H,10,13,15-17,19H2,1-5H3,(H,32,35). The first-order chi connectivity index (χ1) is 18.3. The van der Waals surface area contributed by atoms with Crippen molar-refractivity contribution in [3.05, 3.63) is 64.4 Å². The van der Waals surface area contributed by atoms with Gasteiger partial charge in [0.05, 0.1) is 25.8 Å². The summed E-state index contributed by atoms with van der Waals surface area (Å²) >= 11 is 6.53. The molecule has 1 amide bonds. The van der Waals surface area contributed by atoms with E-state index in [-0.39, 0.29) is 24.6 Å². The van der Waals surface area contributed by atoms with Crippen molar-refractivity contribution in [2.45, 2.75) is 45.8 Å². The first kappa shape index (κ1) is 29.0. The molecule has 2 atom stereocenters. The van der Waals surface area contributed by atoms with Crippen LogP contribution < -0.4 is 19.5 Å². The molecule has 0 radical (unpaired) electrons. The van der Waals surface area contributed by atoms with Crippen LogP contribution in [-0.2, 0) is 17.8 Å². The number of nitrogens with zero attached hydrogens (tertiary/aromatic N) is 3. The number of carbonyl (C=O) groups excluding carboxylic acids is 1. The molecule has 0 aromatic heterocycles. The third-order valence-corrected chi connectivity index (χ3v) is 7.25. The molecular formula is C29H37ClN4O4. The summed E-state index contributed by atoms with van der Waals surface area (Å²) in [6.45, 7) is 5.26. The van der Waals surface area contributed by atoms with Gasteiger partial charge in [-0.25, -0.2) is 0 Å². The number of methoxy groups -OCH3 is 2. The van der Waals surface area contributed by atoms with Crippen molar-refractivity contribution in [2.75, 3.05) is 34.4 Å². The van der Waals surface area contributed by atoms with Crippen molar-refractivity contribution in [3.63, 3.8) is 0 Å². The van der Waals surface area contributed by atoms with Crippen LogP contribution in [0.3, 0.4) is 0 Å². The molecular weight excluding hydrogens is 504 g/mol. The second-order valence-electron chi connectivity index (χ2n) is 9.52. The molecule has 0 bridgehead atoms. The molecule has 3 rings (SSSR count). The number of hydrogen-bond donors (Lipinski definition) is 1. The van der Waals surface area contributed by atoms with Gasteiger partial charge in [0.2, 0.25) is 5.91 Å². The number of likely N-dealkylation sites (N-methyl/N-ethyl adjacent to an activating group) is 1. The Morgan fingerprint density at radius 2 is 1.92 bits per heavy atom. The number of ether oxygens (including phenoxy) is 3. The van der Waals surface area contributed by atoms with Crippen LogP contribution in [0, 0.1) is 17.2 Å². The van der Waals surface area contributed by atoms with Gasteiger partial charge >= 0.3 is 0 Å².